The SMILES string of the molecule is CCNOC(=O)CS(=O)(=O)c1c(C)cc(C)cc1C. The summed E-state index contributed by atoms with van der Waals surface area (Å²) in [5, 5.41) is 0. The van der Waals surface area contributed by atoms with Gasteiger partial charge in [0.1, 0.15) is 0 Å². The van der Waals surface area contributed by atoms with Gasteiger partial charge in [0.25, 0.3) is 0 Å². The zero-order chi connectivity index (χ0) is 14.6. The summed E-state index contributed by atoms with van der Waals surface area (Å²) < 4.78 is 24.5. The Morgan fingerprint density at radius 1 is 1.21 bits per heavy atom. The molecule has 0 aromatic heterocycles. The van der Waals surface area contributed by atoms with Crippen LogP contribution < -0.4 is 5.48 Å². The highest BCUT2D eigenvalue weighted by Crippen LogP contribution is 2.22. The Labute approximate surface area is 113 Å². The normalized spacial score (nSPS) is 11.4. The van der Waals surface area contributed by atoms with Crippen LogP contribution in [-0.2, 0) is 19.5 Å². The number of carbonyl (C=O) groups excluding carboxylic acids is 1. The van der Waals surface area contributed by atoms with Gasteiger partial charge >= 0.3 is 5.97 Å². The summed E-state index contributed by atoms with van der Waals surface area (Å²) in [7, 11) is -3.68. The van der Waals surface area contributed by atoms with E-state index in [1.807, 2.05) is 6.92 Å². The number of hydroxylamine groups is 1. The summed E-state index contributed by atoms with van der Waals surface area (Å²) in [5.41, 5.74) is 4.63. The van der Waals surface area contributed by atoms with Gasteiger partial charge in [0.15, 0.2) is 15.6 Å². The average Bonchev–Trinajstić information content (AvgIpc) is 2.23. The number of hydrogen-bond donors (Lipinski definition) is 1. The number of nitrogens with one attached hydrogen (secondary N) is 1. The zero-order valence-electron chi connectivity index (χ0n) is 11.6. The molecular weight excluding hydrogens is 266 g/mol. The third-order valence-corrected chi connectivity index (χ3v) is 4.44. The van der Waals surface area contributed by atoms with Crippen LogP contribution in [-0.4, -0.2) is 26.7 Å². The van der Waals surface area contributed by atoms with E-state index in [9.17, 15) is 13.2 Å². The number of rotatable bonds is 5. The summed E-state index contributed by atoms with van der Waals surface area (Å²) in [6.45, 7) is 7.52. The molecule has 1 aromatic carbocycles. The van der Waals surface area contributed by atoms with E-state index in [0.29, 0.717) is 17.7 Å². The van der Waals surface area contributed by atoms with Crippen molar-refractivity contribution in [2.75, 3.05) is 12.3 Å². The first-order valence-corrected chi connectivity index (χ1v) is 7.66. The number of aryl methyl sites for hydroxylation is 3. The van der Waals surface area contributed by atoms with E-state index in [1.54, 1.807) is 32.9 Å². The molecule has 106 valence electrons. The summed E-state index contributed by atoms with van der Waals surface area (Å²) in [4.78, 5) is 16.2. The van der Waals surface area contributed by atoms with Gasteiger partial charge in [-0.3, -0.25) is 0 Å². The van der Waals surface area contributed by atoms with Crippen molar-refractivity contribution in [2.24, 2.45) is 0 Å². The van der Waals surface area contributed by atoms with Crippen LogP contribution in [0.5, 0.6) is 0 Å². The predicted molar refractivity (Wildman–Crippen MR) is 72.5 cm³/mol. The summed E-state index contributed by atoms with van der Waals surface area (Å²) in [6.07, 6.45) is 0. The van der Waals surface area contributed by atoms with Crippen LogP contribution in [0, 0.1) is 20.8 Å². The highest BCUT2D eigenvalue weighted by Gasteiger charge is 2.24. The van der Waals surface area contributed by atoms with Gasteiger partial charge in [0.05, 0.1) is 4.90 Å². The molecule has 0 spiro atoms. The molecule has 1 N–H and O–H groups in total. The quantitative estimate of drug-likeness (QED) is 0.829. The third-order valence-electron chi connectivity index (χ3n) is 2.55. The van der Waals surface area contributed by atoms with Crippen molar-refractivity contribution in [1.29, 1.82) is 0 Å². The molecule has 0 saturated carbocycles. The summed E-state index contributed by atoms with van der Waals surface area (Å²) in [6, 6.07) is 3.57. The summed E-state index contributed by atoms with van der Waals surface area (Å²) >= 11 is 0. The maximum atomic E-state index is 12.2. The monoisotopic (exact) mass is 285 g/mol. The molecular formula is C13H19NO4S. The second-order valence-electron chi connectivity index (χ2n) is 4.46. The average molecular weight is 285 g/mol. The Hall–Kier alpha value is -1.40. The lowest BCUT2D eigenvalue weighted by molar-refractivity contribution is -0.147. The number of hydrogen-bond acceptors (Lipinski definition) is 5. The second-order valence-corrected chi connectivity index (χ2v) is 6.39. The summed E-state index contributed by atoms with van der Waals surface area (Å²) in [5.74, 6) is -1.47. The fraction of sp³-hybridized carbons (Fsp3) is 0.462. The Kier molecular flexibility index (Phi) is 5.08. The van der Waals surface area contributed by atoms with Gasteiger partial charge in [0.2, 0.25) is 0 Å². The molecule has 0 aliphatic carbocycles. The molecule has 0 heterocycles. The Morgan fingerprint density at radius 3 is 2.21 bits per heavy atom. The van der Waals surface area contributed by atoms with Crippen molar-refractivity contribution >= 4 is 15.8 Å². The first-order valence-electron chi connectivity index (χ1n) is 6.01. The molecule has 1 aromatic rings. The lowest BCUT2D eigenvalue weighted by Gasteiger charge is -2.11. The van der Waals surface area contributed by atoms with Gasteiger partial charge in [-0.25, -0.2) is 13.2 Å². The second kappa shape index (κ2) is 6.16. The molecule has 0 aliphatic rings. The van der Waals surface area contributed by atoms with Gasteiger partial charge in [-0.05, 0) is 38.8 Å². The Morgan fingerprint density at radius 2 is 1.74 bits per heavy atom. The zero-order valence-corrected chi connectivity index (χ0v) is 12.4. The lowest BCUT2D eigenvalue weighted by atomic mass is 10.1. The molecule has 19 heavy (non-hydrogen) atoms. The fourth-order valence-corrected chi connectivity index (χ4v) is 3.68. The van der Waals surface area contributed by atoms with Gasteiger partial charge in [-0.1, -0.05) is 17.7 Å². The van der Waals surface area contributed by atoms with Gasteiger partial charge in [-0.2, -0.15) is 5.48 Å². The van der Waals surface area contributed by atoms with Crippen LogP contribution in [0.2, 0.25) is 0 Å². The highest BCUT2D eigenvalue weighted by molar-refractivity contribution is 7.92. The van der Waals surface area contributed by atoms with Crippen molar-refractivity contribution < 1.29 is 18.0 Å². The molecule has 1 rings (SSSR count). The first kappa shape index (κ1) is 15.7. The van der Waals surface area contributed by atoms with E-state index in [0.717, 1.165) is 5.56 Å². The molecule has 6 heteroatoms. The van der Waals surface area contributed by atoms with E-state index in [-0.39, 0.29) is 4.90 Å². The van der Waals surface area contributed by atoms with Crippen LogP contribution in [0.3, 0.4) is 0 Å². The van der Waals surface area contributed by atoms with E-state index in [2.05, 4.69) is 10.3 Å². The molecule has 0 atom stereocenters. The van der Waals surface area contributed by atoms with Crippen LogP contribution in [0.1, 0.15) is 23.6 Å². The molecule has 5 nitrogen and oxygen atoms in total. The minimum Gasteiger partial charge on any atom is -0.370 e. The van der Waals surface area contributed by atoms with Crippen LogP contribution >= 0.6 is 0 Å². The first-order chi connectivity index (χ1) is 8.77. The van der Waals surface area contributed by atoms with Gasteiger partial charge in [-0.15, -0.1) is 0 Å². The standard InChI is InChI=1S/C13H19NO4S/c1-5-14-18-12(15)8-19(16,17)13-10(3)6-9(2)7-11(13)4/h6-7,14H,5,8H2,1-4H3. The van der Waals surface area contributed by atoms with E-state index in [1.165, 1.54) is 0 Å². The number of carbonyl (C=O) groups is 1. The maximum Gasteiger partial charge on any atom is 0.340 e. The maximum absolute atomic E-state index is 12.2. The van der Waals surface area contributed by atoms with Crippen molar-refractivity contribution in [1.82, 2.24) is 5.48 Å². The minimum atomic E-state index is -3.68. The largest absolute Gasteiger partial charge is 0.370 e. The van der Waals surface area contributed by atoms with Gasteiger partial charge in [0, 0.05) is 6.54 Å². The molecule has 0 bridgehead atoms. The highest BCUT2D eigenvalue weighted by atomic mass is 32.2. The smallest absolute Gasteiger partial charge is 0.340 e. The molecule has 0 aliphatic heterocycles. The Bertz CT molecular complexity index is 555. The molecule has 0 fully saturated rings. The minimum absolute atomic E-state index is 0.214. The third kappa shape index (κ3) is 4.04. The van der Waals surface area contributed by atoms with Gasteiger partial charge < -0.3 is 4.84 Å². The van der Waals surface area contributed by atoms with Crippen LogP contribution in [0.4, 0.5) is 0 Å². The van der Waals surface area contributed by atoms with Crippen molar-refractivity contribution in [3.05, 3.63) is 28.8 Å². The number of benzene rings is 1. The van der Waals surface area contributed by atoms with Crippen molar-refractivity contribution in [3.63, 3.8) is 0 Å². The molecule has 0 saturated heterocycles. The molecule has 0 unspecified atom stereocenters. The van der Waals surface area contributed by atoms with Crippen LogP contribution in [0.15, 0.2) is 17.0 Å². The van der Waals surface area contributed by atoms with Crippen molar-refractivity contribution in [3.8, 4) is 0 Å². The molecule has 0 radical (unpaired) electrons. The fourth-order valence-electron chi connectivity index (χ4n) is 2.07. The number of sulfone groups is 1. The lowest BCUT2D eigenvalue weighted by Crippen LogP contribution is -2.26. The van der Waals surface area contributed by atoms with E-state index >= 15 is 0 Å². The predicted octanol–water partition coefficient (Wildman–Crippen LogP) is 1.45. The Balaban J connectivity index is 3.05. The molecule has 0 amide bonds. The van der Waals surface area contributed by atoms with Crippen molar-refractivity contribution in [2.45, 2.75) is 32.6 Å². The van der Waals surface area contributed by atoms with E-state index in [4.69, 9.17) is 0 Å². The van der Waals surface area contributed by atoms with E-state index < -0.39 is 21.6 Å². The topological polar surface area (TPSA) is 72.5 Å². The van der Waals surface area contributed by atoms with Crippen LogP contribution in [0.25, 0.3) is 0 Å².